The van der Waals surface area contributed by atoms with Crippen LogP contribution in [0.25, 0.3) is 0 Å². The van der Waals surface area contributed by atoms with Gasteiger partial charge in [-0.05, 0) is 35.4 Å². The number of hydrogen-bond donors (Lipinski definition) is 2. The zero-order valence-electron chi connectivity index (χ0n) is 15.1. The van der Waals surface area contributed by atoms with Gasteiger partial charge in [0.1, 0.15) is 12.4 Å². The van der Waals surface area contributed by atoms with Crippen LogP contribution in [0.2, 0.25) is 5.02 Å². The zero-order valence-corrected chi connectivity index (χ0v) is 16.6. The minimum Gasteiger partial charge on any atom is -0.493 e. The van der Waals surface area contributed by atoms with Gasteiger partial charge in [-0.25, -0.2) is 4.98 Å². The molecule has 144 valence electrons. The summed E-state index contributed by atoms with van der Waals surface area (Å²) in [5.41, 5.74) is 7.79. The van der Waals surface area contributed by atoms with E-state index in [1.54, 1.807) is 7.11 Å². The Balaban J connectivity index is 1.63. The maximum atomic E-state index is 12.1. The highest BCUT2D eigenvalue weighted by Gasteiger charge is 2.30. The Morgan fingerprint density at radius 1 is 1.25 bits per heavy atom. The van der Waals surface area contributed by atoms with Crippen molar-refractivity contribution >= 4 is 39.8 Å². The molecule has 1 aliphatic rings. The quantitative estimate of drug-likeness (QED) is 0.643. The molecule has 0 aliphatic carbocycles. The van der Waals surface area contributed by atoms with E-state index in [0.29, 0.717) is 40.5 Å². The Bertz CT molecular complexity index is 1020. The minimum absolute atomic E-state index is 0.0812. The fourth-order valence-electron chi connectivity index (χ4n) is 3.17. The molecule has 0 bridgehead atoms. The summed E-state index contributed by atoms with van der Waals surface area (Å²) >= 11 is 7.32. The zero-order chi connectivity index (χ0) is 19.7. The highest BCUT2D eigenvalue weighted by molar-refractivity contribution is 7.16. The van der Waals surface area contributed by atoms with Crippen molar-refractivity contribution in [2.45, 2.75) is 18.9 Å². The number of nitrogens with two attached hydrogens (primary N) is 1. The van der Waals surface area contributed by atoms with Crippen molar-refractivity contribution in [1.29, 1.82) is 0 Å². The Hall–Kier alpha value is -2.77. The third kappa shape index (κ3) is 3.76. The second-order valence-corrected chi connectivity index (χ2v) is 7.89. The number of nitrogen functional groups attached to an aromatic ring is 1. The second-order valence-electron chi connectivity index (χ2n) is 6.40. The summed E-state index contributed by atoms with van der Waals surface area (Å²) in [5.74, 6) is 1.58. The standard InChI is InChI=1S/C20H18ClN3O3S/c1-26-15-7-4-12(8-16(15)27-10-11-2-5-13(21)6-3-11)14-9-17(25)23-19-18(14)28-20(22)24-19/h2-8,14H,9-10H2,1H3,(H2,22,24)(H,23,25)/t14-/m1/s1. The number of hydrogen-bond acceptors (Lipinski definition) is 6. The molecule has 6 nitrogen and oxygen atoms in total. The van der Waals surface area contributed by atoms with Crippen molar-refractivity contribution in [2.24, 2.45) is 0 Å². The van der Waals surface area contributed by atoms with Gasteiger partial charge in [0.15, 0.2) is 16.6 Å². The summed E-state index contributed by atoms with van der Waals surface area (Å²) in [5, 5.41) is 3.90. The van der Waals surface area contributed by atoms with Crippen LogP contribution in [-0.4, -0.2) is 18.0 Å². The lowest BCUT2D eigenvalue weighted by atomic mass is 9.91. The maximum absolute atomic E-state index is 12.1. The van der Waals surface area contributed by atoms with E-state index in [4.69, 9.17) is 26.8 Å². The molecule has 0 radical (unpaired) electrons. The van der Waals surface area contributed by atoms with Crippen LogP contribution < -0.4 is 20.5 Å². The van der Waals surface area contributed by atoms with Crippen LogP contribution in [0.15, 0.2) is 42.5 Å². The molecule has 2 heterocycles. The number of halogens is 1. The van der Waals surface area contributed by atoms with Crippen molar-refractivity contribution in [2.75, 3.05) is 18.2 Å². The molecule has 0 fully saturated rings. The van der Waals surface area contributed by atoms with Gasteiger partial charge in [-0.15, -0.1) is 0 Å². The maximum Gasteiger partial charge on any atom is 0.226 e. The molecule has 28 heavy (non-hydrogen) atoms. The molecule has 3 N–H and O–H groups in total. The number of fused-ring (bicyclic) bond motifs is 1. The van der Waals surface area contributed by atoms with E-state index in [-0.39, 0.29) is 11.8 Å². The Kier molecular flexibility index (Phi) is 5.11. The lowest BCUT2D eigenvalue weighted by Crippen LogP contribution is -2.22. The first-order chi connectivity index (χ1) is 13.5. The lowest BCUT2D eigenvalue weighted by molar-refractivity contribution is -0.116. The molecular formula is C20H18ClN3O3S. The van der Waals surface area contributed by atoms with Crippen molar-refractivity contribution in [3.8, 4) is 11.5 Å². The van der Waals surface area contributed by atoms with Crippen LogP contribution >= 0.6 is 22.9 Å². The first-order valence-corrected chi connectivity index (χ1v) is 9.84. The molecule has 8 heteroatoms. The van der Waals surface area contributed by atoms with Gasteiger partial charge in [0.05, 0.1) is 12.0 Å². The molecule has 4 rings (SSSR count). The fourth-order valence-corrected chi connectivity index (χ4v) is 4.21. The lowest BCUT2D eigenvalue weighted by Gasteiger charge is -2.22. The molecule has 1 amide bonds. The molecule has 0 saturated heterocycles. The van der Waals surface area contributed by atoms with Gasteiger partial charge in [-0.1, -0.05) is 41.1 Å². The molecular weight excluding hydrogens is 398 g/mol. The van der Waals surface area contributed by atoms with Crippen molar-refractivity contribution in [3.05, 3.63) is 63.5 Å². The van der Waals surface area contributed by atoms with Gasteiger partial charge in [0.25, 0.3) is 0 Å². The number of amides is 1. The summed E-state index contributed by atoms with van der Waals surface area (Å²) in [6, 6.07) is 13.2. The van der Waals surface area contributed by atoms with Crippen LogP contribution in [-0.2, 0) is 11.4 Å². The highest BCUT2D eigenvalue weighted by atomic mass is 35.5. The van der Waals surface area contributed by atoms with Gasteiger partial charge < -0.3 is 20.5 Å². The minimum atomic E-state index is -0.123. The summed E-state index contributed by atoms with van der Waals surface area (Å²) in [4.78, 5) is 17.3. The fraction of sp³-hybridized carbons (Fsp3) is 0.200. The molecule has 0 spiro atoms. The van der Waals surface area contributed by atoms with Crippen LogP contribution in [0.3, 0.4) is 0 Å². The number of ether oxygens (including phenoxy) is 2. The van der Waals surface area contributed by atoms with E-state index in [0.717, 1.165) is 16.0 Å². The van der Waals surface area contributed by atoms with Crippen molar-refractivity contribution < 1.29 is 14.3 Å². The van der Waals surface area contributed by atoms with Crippen LogP contribution in [0, 0.1) is 0 Å². The van der Waals surface area contributed by atoms with Crippen molar-refractivity contribution in [3.63, 3.8) is 0 Å². The number of carbonyl (C=O) groups is 1. The molecule has 3 aromatic rings. The monoisotopic (exact) mass is 415 g/mol. The molecule has 0 unspecified atom stereocenters. The number of methoxy groups -OCH3 is 1. The smallest absolute Gasteiger partial charge is 0.226 e. The summed E-state index contributed by atoms with van der Waals surface area (Å²) in [6.45, 7) is 0.376. The number of nitrogens with zero attached hydrogens (tertiary/aromatic N) is 1. The Morgan fingerprint density at radius 3 is 2.79 bits per heavy atom. The third-order valence-electron chi connectivity index (χ3n) is 4.53. The first kappa shape index (κ1) is 18.6. The predicted octanol–water partition coefficient (Wildman–Crippen LogP) is 4.44. The number of anilines is 2. The summed E-state index contributed by atoms with van der Waals surface area (Å²) in [6.07, 6.45) is 0.331. The average molecular weight is 416 g/mol. The van der Waals surface area contributed by atoms with Gasteiger partial charge in [-0.3, -0.25) is 4.79 Å². The van der Waals surface area contributed by atoms with Crippen LogP contribution in [0.4, 0.5) is 10.9 Å². The van der Waals surface area contributed by atoms with Gasteiger partial charge in [-0.2, -0.15) is 0 Å². The normalized spacial score (nSPS) is 15.6. The largest absolute Gasteiger partial charge is 0.493 e. The second kappa shape index (κ2) is 7.69. The predicted molar refractivity (Wildman–Crippen MR) is 110 cm³/mol. The van der Waals surface area contributed by atoms with E-state index in [9.17, 15) is 4.79 Å². The Morgan fingerprint density at radius 2 is 2.04 bits per heavy atom. The molecule has 1 atom stereocenters. The molecule has 2 aromatic carbocycles. The topological polar surface area (TPSA) is 86.5 Å². The van der Waals surface area contributed by atoms with E-state index >= 15 is 0 Å². The molecule has 0 saturated carbocycles. The number of aromatic nitrogens is 1. The highest BCUT2D eigenvalue weighted by Crippen LogP contribution is 2.43. The van der Waals surface area contributed by atoms with E-state index in [1.165, 1.54) is 11.3 Å². The van der Waals surface area contributed by atoms with Gasteiger partial charge in [0.2, 0.25) is 5.91 Å². The van der Waals surface area contributed by atoms with E-state index < -0.39 is 0 Å². The number of rotatable bonds is 5. The number of benzene rings is 2. The van der Waals surface area contributed by atoms with Gasteiger partial charge in [0, 0.05) is 17.4 Å². The van der Waals surface area contributed by atoms with Gasteiger partial charge >= 0.3 is 0 Å². The van der Waals surface area contributed by atoms with E-state index in [1.807, 2.05) is 42.5 Å². The van der Waals surface area contributed by atoms with Crippen LogP contribution in [0.5, 0.6) is 11.5 Å². The number of thiazole rings is 1. The van der Waals surface area contributed by atoms with Crippen LogP contribution in [0.1, 0.15) is 28.3 Å². The number of carbonyl (C=O) groups excluding carboxylic acids is 1. The Labute approximate surface area is 171 Å². The first-order valence-electron chi connectivity index (χ1n) is 8.64. The molecule has 1 aliphatic heterocycles. The summed E-state index contributed by atoms with van der Waals surface area (Å²) < 4.78 is 11.4. The SMILES string of the molecule is COc1ccc([C@H]2CC(=O)Nc3nc(N)sc32)cc1OCc1ccc(Cl)cc1. The summed E-state index contributed by atoms with van der Waals surface area (Å²) in [7, 11) is 1.60. The van der Waals surface area contributed by atoms with E-state index in [2.05, 4.69) is 10.3 Å². The average Bonchev–Trinajstić information content (AvgIpc) is 3.06. The number of nitrogens with one attached hydrogen (secondary N) is 1. The van der Waals surface area contributed by atoms with Crippen molar-refractivity contribution in [1.82, 2.24) is 4.98 Å². The molecule has 1 aromatic heterocycles. The third-order valence-corrected chi connectivity index (χ3v) is 5.78.